The molecule has 1 aromatic heterocycles. The van der Waals surface area contributed by atoms with Crippen molar-refractivity contribution in [2.24, 2.45) is 0 Å². The number of carbonyl (C=O) groups is 2. The van der Waals surface area contributed by atoms with Crippen molar-refractivity contribution in [1.29, 1.82) is 0 Å². The number of hydrogen-bond donors (Lipinski definition) is 1. The van der Waals surface area contributed by atoms with Gasteiger partial charge < -0.3 is 19.2 Å². The van der Waals surface area contributed by atoms with Crippen LogP contribution in [-0.2, 0) is 4.74 Å². The predicted molar refractivity (Wildman–Crippen MR) is 59.1 cm³/mol. The van der Waals surface area contributed by atoms with E-state index in [1.54, 1.807) is 14.2 Å². The molecule has 0 spiro atoms. The average molecular weight is 241 g/mol. The van der Waals surface area contributed by atoms with Gasteiger partial charge in [-0.25, -0.2) is 4.79 Å². The lowest BCUT2D eigenvalue weighted by molar-refractivity contribution is 0.0591. The van der Waals surface area contributed by atoms with Gasteiger partial charge in [0.15, 0.2) is 5.76 Å². The van der Waals surface area contributed by atoms with Crippen molar-refractivity contribution in [2.75, 3.05) is 20.8 Å². The van der Waals surface area contributed by atoms with Crippen molar-refractivity contribution >= 4 is 11.9 Å². The summed E-state index contributed by atoms with van der Waals surface area (Å²) in [6.07, 6.45) is 0. The van der Waals surface area contributed by atoms with Crippen LogP contribution in [0.5, 0.6) is 0 Å². The van der Waals surface area contributed by atoms with E-state index in [2.05, 4.69) is 0 Å². The summed E-state index contributed by atoms with van der Waals surface area (Å²) in [5, 5.41) is 8.67. The van der Waals surface area contributed by atoms with Gasteiger partial charge in [0.05, 0.1) is 12.6 Å². The first kappa shape index (κ1) is 13.2. The molecule has 0 saturated heterocycles. The Kier molecular flexibility index (Phi) is 4.28. The fourth-order valence-electron chi connectivity index (χ4n) is 1.29. The van der Waals surface area contributed by atoms with Crippen LogP contribution in [0.2, 0.25) is 0 Å². The molecule has 0 aliphatic carbocycles. The van der Waals surface area contributed by atoms with Crippen molar-refractivity contribution in [1.82, 2.24) is 4.90 Å². The van der Waals surface area contributed by atoms with Gasteiger partial charge in [-0.1, -0.05) is 0 Å². The minimum atomic E-state index is -1.20. The smallest absolute Gasteiger partial charge is 0.371 e. The second-order valence-corrected chi connectivity index (χ2v) is 3.69. The van der Waals surface area contributed by atoms with Gasteiger partial charge in [-0.3, -0.25) is 4.79 Å². The maximum Gasteiger partial charge on any atom is 0.371 e. The normalized spacial score (nSPS) is 12.2. The number of furan rings is 1. The van der Waals surface area contributed by atoms with Crippen LogP contribution in [0.4, 0.5) is 0 Å². The molecule has 1 heterocycles. The molecule has 0 radical (unpaired) electrons. The van der Waals surface area contributed by atoms with Gasteiger partial charge in [0.1, 0.15) is 0 Å². The first-order valence-electron chi connectivity index (χ1n) is 5.06. The highest BCUT2D eigenvalue weighted by atomic mass is 16.5. The Morgan fingerprint density at radius 2 is 2.06 bits per heavy atom. The van der Waals surface area contributed by atoms with Gasteiger partial charge in [-0.2, -0.15) is 0 Å². The minimum absolute atomic E-state index is 0.00727. The minimum Gasteiger partial charge on any atom is -0.475 e. The van der Waals surface area contributed by atoms with Gasteiger partial charge in [-0.15, -0.1) is 0 Å². The van der Waals surface area contributed by atoms with Crippen LogP contribution in [0.1, 0.15) is 28.0 Å². The number of nitrogens with zero attached hydrogens (tertiary/aromatic N) is 1. The summed E-state index contributed by atoms with van der Waals surface area (Å²) in [4.78, 5) is 23.9. The topological polar surface area (TPSA) is 80.0 Å². The van der Waals surface area contributed by atoms with Gasteiger partial charge in [0.25, 0.3) is 5.91 Å². The summed E-state index contributed by atoms with van der Waals surface area (Å²) in [5.41, 5.74) is 0. The van der Waals surface area contributed by atoms with E-state index in [0.717, 1.165) is 0 Å². The third-order valence-electron chi connectivity index (χ3n) is 2.42. The molecule has 0 aliphatic rings. The molecule has 0 aliphatic heterocycles. The Labute approximate surface area is 98.8 Å². The van der Waals surface area contributed by atoms with Crippen molar-refractivity contribution in [2.45, 2.75) is 13.0 Å². The Morgan fingerprint density at radius 3 is 2.53 bits per heavy atom. The highest BCUT2D eigenvalue weighted by Gasteiger charge is 2.21. The number of hydrogen-bond acceptors (Lipinski definition) is 4. The number of rotatable bonds is 5. The number of carboxylic acid groups (broad SMARTS) is 1. The molecule has 17 heavy (non-hydrogen) atoms. The zero-order chi connectivity index (χ0) is 13.0. The number of carboxylic acids is 1. The van der Waals surface area contributed by atoms with Crippen LogP contribution in [0.3, 0.4) is 0 Å². The maximum absolute atomic E-state index is 11.9. The maximum atomic E-state index is 11.9. The Bertz CT molecular complexity index is 412. The van der Waals surface area contributed by atoms with Gasteiger partial charge in [0, 0.05) is 14.2 Å². The molecule has 0 aromatic carbocycles. The molecule has 1 amide bonds. The van der Waals surface area contributed by atoms with Crippen LogP contribution in [0.15, 0.2) is 16.5 Å². The molecule has 6 nitrogen and oxygen atoms in total. The lowest BCUT2D eigenvalue weighted by atomic mass is 10.3. The van der Waals surface area contributed by atoms with E-state index >= 15 is 0 Å². The molecule has 1 rings (SSSR count). The standard InChI is InChI=1S/C11H15NO5/c1-7(6-16-3)12(2)10(13)8-4-5-9(17-8)11(14)15/h4-5,7H,6H2,1-3H3,(H,14,15). The van der Waals surface area contributed by atoms with Crippen molar-refractivity contribution < 1.29 is 23.8 Å². The summed E-state index contributed by atoms with van der Waals surface area (Å²) in [6, 6.07) is 2.48. The van der Waals surface area contributed by atoms with Crippen LogP contribution in [0, 0.1) is 0 Å². The van der Waals surface area contributed by atoms with E-state index in [0.29, 0.717) is 6.61 Å². The Balaban J connectivity index is 2.77. The van der Waals surface area contributed by atoms with E-state index in [4.69, 9.17) is 14.3 Å². The summed E-state index contributed by atoms with van der Waals surface area (Å²) in [6.45, 7) is 2.22. The molecule has 6 heteroatoms. The molecule has 94 valence electrons. The van der Waals surface area contributed by atoms with Gasteiger partial charge in [0.2, 0.25) is 5.76 Å². The molecule has 0 bridgehead atoms. The van der Waals surface area contributed by atoms with Crippen LogP contribution < -0.4 is 0 Å². The fourth-order valence-corrected chi connectivity index (χ4v) is 1.29. The van der Waals surface area contributed by atoms with E-state index < -0.39 is 5.97 Å². The van der Waals surface area contributed by atoms with Gasteiger partial charge in [-0.05, 0) is 19.1 Å². The van der Waals surface area contributed by atoms with Crippen molar-refractivity contribution in [3.63, 3.8) is 0 Å². The number of ether oxygens (including phenoxy) is 1. The predicted octanol–water partition coefficient (Wildman–Crippen LogP) is 1.08. The molecular weight excluding hydrogens is 226 g/mol. The molecular formula is C11H15NO5. The highest BCUT2D eigenvalue weighted by Crippen LogP contribution is 2.11. The molecule has 1 aromatic rings. The molecule has 1 N–H and O–H groups in total. The number of aromatic carboxylic acids is 1. The monoisotopic (exact) mass is 241 g/mol. The first-order valence-corrected chi connectivity index (χ1v) is 5.06. The number of methoxy groups -OCH3 is 1. The summed E-state index contributed by atoms with van der Waals surface area (Å²) >= 11 is 0. The van der Waals surface area contributed by atoms with E-state index in [1.807, 2.05) is 6.92 Å². The molecule has 1 atom stereocenters. The van der Waals surface area contributed by atoms with E-state index in [1.165, 1.54) is 17.0 Å². The van der Waals surface area contributed by atoms with Crippen molar-refractivity contribution in [3.05, 3.63) is 23.7 Å². The van der Waals surface area contributed by atoms with E-state index in [9.17, 15) is 9.59 Å². The molecule has 1 unspecified atom stereocenters. The SMILES string of the molecule is COCC(C)N(C)C(=O)c1ccc(C(=O)O)o1. The molecule has 0 saturated carbocycles. The van der Waals surface area contributed by atoms with Crippen LogP contribution >= 0.6 is 0 Å². The Hall–Kier alpha value is -1.82. The highest BCUT2D eigenvalue weighted by molar-refractivity contribution is 5.93. The quantitative estimate of drug-likeness (QED) is 0.834. The average Bonchev–Trinajstić information content (AvgIpc) is 2.76. The second-order valence-electron chi connectivity index (χ2n) is 3.69. The van der Waals surface area contributed by atoms with Gasteiger partial charge >= 0.3 is 5.97 Å². The first-order chi connectivity index (χ1) is 7.97. The van der Waals surface area contributed by atoms with Crippen LogP contribution in [-0.4, -0.2) is 48.7 Å². The lowest BCUT2D eigenvalue weighted by Crippen LogP contribution is -2.37. The summed E-state index contributed by atoms with van der Waals surface area (Å²) in [5.74, 6) is -1.81. The second kappa shape index (κ2) is 5.49. The number of likely N-dealkylation sites (N-methyl/N-ethyl adjacent to an activating group) is 1. The summed E-state index contributed by atoms with van der Waals surface area (Å²) in [7, 11) is 3.15. The largest absolute Gasteiger partial charge is 0.475 e. The summed E-state index contributed by atoms with van der Waals surface area (Å²) < 4.78 is 9.86. The zero-order valence-electron chi connectivity index (χ0n) is 9.97. The Morgan fingerprint density at radius 1 is 1.47 bits per heavy atom. The third-order valence-corrected chi connectivity index (χ3v) is 2.42. The number of carbonyl (C=O) groups excluding carboxylic acids is 1. The number of amides is 1. The van der Waals surface area contributed by atoms with E-state index in [-0.39, 0.29) is 23.5 Å². The zero-order valence-corrected chi connectivity index (χ0v) is 9.97. The van der Waals surface area contributed by atoms with Crippen molar-refractivity contribution in [3.8, 4) is 0 Å². The molecule has 0 fully saturated rings. The van der Waals surface area contributed by atoms with Crippen LogP contribution in [0.25, 0.3) is 0 Å². The lowest BCUT2D eigenvalue weighted by Gasteiger charge is -2.23. The third kappa shape index (κ3) is 3.07. The fraction of sp³-hybridized carbons (Fsp3) is 0.455.